The SMILES string of the molecule is P.S.S.S.S.[Cr]. The summed E-state index contributed by atoms with van der Waals surface area (Å²) in [6.07, 6.45) is 0. The quantitative estimate of drug-likeness (QED) is 0.524. The van der Waals surface area contributed by atoms with E-state index >= 15 is 0 Å². The van der Waals surface area contributed by atoms with Crippen molar-refractivity contribution in [3.63, 3.8) is 0 Å². The van der Waals surface area contributed by atoms with Crippen molar-refractivity contribution in [2.75, 3.05) is 0 Å². The van der Waals surface area contributed by atoms with Gasteiger partial charge in [0.15, 0.2) is 0 Å². The van der Waals surface area contributed by atoms with Gasteiger partial charge >= 0.3 is 0 Å². The van der Waals surface area contributed by atoms with Gasteiger partial charge in [0.05, 0.1) is 0 Å². The van der Waals surface area contributed by atoms with Gasteiger partial charge in [-0.2, -0.15) is 63.9 Å². The smallest absolute Gasteiger partial charge is 0 e. The Kier molecular flexibility index (Phi) is 723. The van der Waals surface area contributed by atoms with Gasteiger partial charge in [-0.1, -0.05) is 0 Å². The Morgan fingerprint density at radius 3 is 0.500 bits per heavy atom. The van der Waals surface area contributed by atoms with E-state index in [1.54, 1.807) is 0 Å². The molecule has 0 aromatic rings. The predicted molar refractivity (Wildman–Crippen MR) is 52.6 cm³/mol. The van der Waals surface area contributed by atoms with Crippen LogP contribution >= 0.6 is 63.9 Å². The third-order valence-electron chi connectivity index (χ3n) is 0. The molecule has 1 unspecified atom stereocenters. The molecule has 0 N–H and O–H groups in total. The van der Waals surface area contributed by atoms with Crippen LogP contribution in [0, 0.1) is 0 Å². The molecule has 0 fully saturated rings. The van der Waals surface area contributed by atoms with Crippen LogP contribution in [0.3, 0.4) is 0 Å². The molecule has 46 valence electrons. The molecule has 0 aliphatic carbocycles. The Labute approximate surface area is 80.8 Å². The van der Waals surface area contributed by atoms with Crippen molar-refractivity contribution in [3.8, 4) is 0 Å². The first-order valence-electron chi connectivity index (χ1n) is 0. The van der Waals surface area contributed by atoms with E-state index in [1.807, 2.05) is 0 Å². The standard InChI is InChI=1S/Cr.H3P.4H2S/h;1H3;4*1H2. The third-order valence-corrected chi connectivity index (χ3v) is 0. The first kappa shape index (κ1) is 81.2. The van der Waals surface area contributed by atoms with Crippen LogP contribution in [0.25, 0.3) is 0 Å². The molecule has 0 aromatic heterocycles. The Hall–Kier alpha value is 2.36. The molecule has 0 rings (SSSR count). The summed E-state index contributed by atoms with van der Waals surface area (Å²) < 4.78 is 0. The molecule has 0 bridgehead atoms. The van der Waals surface area contributed by atoms with E-state index in [1.165, 1.54) is 0 Å². The fourth-order valence-electron chi connectivity index (χ4n) is 0. The van der Waals surface area contributed by atoms with Crippen molar-refractivity contribution in [2.45, 2.75) is 0 Å². The summed E-state index contributed by atoms with van der Waals surface area (Å²) in [4.78, 5) is 0. The van der Waals surface area contributed by atoms with Crippen molar-refractivity contribution in [1.29, 1.82) is 0 Å². The van der Waals surface area contributed by atoms with E-state index in [2.05, 4.69) is 0 Å². The second-order valence-corrected chi connectivity index (χ2v) is 0. The van der Waals surface area contributed by atoms with Gasteiger partial charge in [-0.05, 0) is 0 Å². The molecule has 0 saturated carbocycles. The predicted octanol–water partition coefficient (Wildman–Crippen LogP) is 0.507. The summed E-state index contributed by atoms with van der Waals surface area (Å²) in [7, 11) is 0. The molecule has 0 spiro atoms. The van der Waals surface area contributed by atoms with Crippen molar-refractivity contribution in [2.24, 2.45) is 0 Å². The number of rotatable bonds is 0. The minimum absolute atomic E-state index is 0. The zero-order valence-corrected chi connectivity index (χ0v) is 9.80. The average Bonchev–Trinajstić information content (AvgIpc) is 0. The Morgan fingerprint density at radius 1 is 0.500 bits per heavy atom. The average molecular weight is 222 g/mol. The zero-order chi connectivity index (χ0) is 0. The molecule has 0 aliphatic rings. The minimum atomic E-state index is 0. The number of hydrogen-bond acceptors (Lipinski definition) is 0. The van der Waals surface area contributed by atoms with Gasteiger partial charge in [-0.15, -0.1) is 0 Å². The summed E-state index contributed by atoms with van der Waals surface area (Å²) in [6.45, 7) is 0. The monoisotopic (exact) mass is 222 g/mol. The topological polar surface area (TPSA) is 0 Å². The van der Waals surface area contributed by atoms with Crippen LogP contribution in [-0.4, -0.2) is 0 Å². The van der Waals surface area contributed by atoms with Crippen LogP contribution in [0.5, 0.6) is 0 Å². The van der Waals surface area contributed by atoms with Crippen LogP contribution in [-0.2, 0) is 17.4 Å². The molecule has 0 amide bonds. The summed E-state index contributed by atoms with van der Waals surface area (Å²) in [5.41, 5.74) is 0. The molecular formula is H11CrPS4. The molecule has 0 radical (unpaired) electrons. The van der Waals surface area contributed by atoms with E-state index in [9.17, 15) is 0 Å². The van der Waals surface area contributed by atoms with Crippen molar-refractivity contribution in [3.05, 3.63) is 0 Å². The third kappa shape index (κ3) is 32.8. The van der Waals surface area contributed by atoms with Crippen LogP contribution in [0.2, 0.25) is 0 Å². The van der Waals surface area contributed by atoms with Crippen molar-refractivity contribution in [1.82, 2.24) is 0 Å². The van der Waals surface area contributed by atoms with Crippen LogP contribution < -0.4 is 0 Å². The maximum atomic E-state index is 0. The molecule has 6 heavy (non-hydrogen) atoms. The van der Waals surface area contributed by atoms with E-state index < -0.39 is 0 Å². The summed E-state index contributed by atoms with van der Waals surface area (Å²) in [5.74, 6) is 0. The van der Waals surface area contributed by atoms with Crippen LogP contribution in [0.15, 0.2) is 0 Å². The van der Waals surface area contributed by atoms with Gasteiger partial charge in [-0.25, -0.2) is 0 Å². The summed E-state index contributed by atoms with van der Waals surface area (Å²) in [5, 5.41) is 0. The molecule has 0 aromatic carbocycles. The van der Waals surface area contributed by atoms with E-state index in [0.29, 0.717) is 0 Å². The Balaban J connectivity index is 0. The first-order chi connectivity index (χ1) is 0. The molecule has 0 nitrogen and oxygen atoms in total. The number of hydrogen-bond donors (Lipinski definition) is 0. The summed E-state index contributed by atoms with van der Waals surface area (Å²) >= 11 is 0. The Morgan fingerprint density at radius 2 is 0.500 bits per heavy atom. The van der Waals surface area contributed by atoms with Crippen LogP contribution in [0.4, 0.5) is 0 Å². The van der Waals surface area contributed by atoms with Gasteiger partial charge in [0.25, 0.3) is 0 Å². The maximum Gasteiger partial charge on any atom is 0 e. The molecule has 6 heteroatoms. The zero-order valence-electron chi connectivity index (χ0n) is 3.12. The van der Waals surface area contributed by atoms with Crippen molar-refractivity contribution >= 4 is 63.9 Å². The molecule has 0 aliphatic heterocycles. The maximum absolute atomic E-state index is 0. The van der Waals surface area contributed by atoms with Crippen LogP contribution in [0.1, 0.15) is 0 Å². The van der Waals surface area contributed by atoms with E-state index in [4.69, 9.17) is 0 Å². The molecule has 0 heterocycles. The van der Waals surface area contributed by atoms with Gasteiger partial charge in [0.2, 0.25) is 0 Å². The first-order valence-corrected chi connectivity index (χ1v) is 0. The molecule has 1 atom stereocenters. The fraction of sp³-hybridized carbons (Fsp3) is 0. The van der Waals surface area contributed by atoms with Crippen molar-refractivity contribution < 1.29 is 17.4 Å². The second-order valence-electron chi connectivity index (χ2n) is 0. The minimum Gasteiger partial charge on any atom is -0.197 e. The molecule has 0 saturated heterocycles. The van der Waals surface area contributed by atoms with Gasteiger partial charge in [0, 0.05) is 17.4 Å². The second kappa shape index (κ2) is 53.4. The largest absolute Gasteiger partial charge is 0.197 e. The molecular weight excluding hydrogens is 211 g/mol. The van der Waals surface area contributed by atoms with E-state index in [0.717, 1.165) is 0 Å². The summed E-state index contributed by atoms with van der Waals surface area (Å²) in [6, 6.07) is 0. The fourth-order valence-corrected chi connectivity index (χ4v) is 0. The normalized spacial score (nSPS) is 0. The van der Waals surface area contributed by atoms with Gasteiger partial charge < -0.3 is 0 Å². The Bertz CT molecular complexity index is 7.51. The van der Waals surface area contributed by atoms with Gasteiger partial charge in [-0.3, -0.25) is 0 Å². The van der Waals surface area contributed by atoms with Gasteiger partial charge in [0.1, 0.15) is 0 Å². The van der Waals surface area contributed by atoms with E-state index in [-0.39, 0.29) is 81.2 Å².